The van der Waals surface area contributed by atoms with Gasteiger partial charge in [-0.2, -0.15) is 0 Å². The van der Waals surface area contributed by atoms with Gasteiger partial charge in [-0.3, -0.25) is 14.5 Å². The van der Waals surface area contributed by atoms with Gasteiger partial charge in [-0.15, -0.1) is 0 Å². The molecule has 26 heavy (non-hydrogen) atoms. The molecule has 2 atom stereocenters. The Hall–Kier alpha value is -2.42. The van der Waals surface area contributed by atoms with Crippen molar-refractivity contribution in [2.75, 3.05) is 25.1 Å². The van der Waals surface area contributed by atoms with Crippen molar-refractivity contribution in [1.29, 1.82) is 0 Å². The van der Waals surface area contributed by atoms with Crippen LogP contribution < -0.4 is 5.32 Å². The lowest BCUT2D eigenvalue weighted by Gasteiger charge is -2.26. The van der Waals surface area contributed by atoms with E-state index in [-0.39, 0.29) is 11.5 Å². The molecule has 0 saturated carbocycles. The number of nitrogens with zero attached hydrogens (tertiary/aromatic N) is 2. The lowest BCUT2D eigenvalue weighted by Crippen LogP contribution is -2.46. The number of hydrogen-bond donors (Lipinski definition) is 1. The quantitative estimate of drug-likeness (QED) is 0.747. The Morgan fingerprint density at radius 3 is 2.54 bits per heavy atom. The number of hydrogen-bond acceptors (Lipinski definition) is 5. The minimum absolute atomic E-state index is 0.0461. The molecule has 2 saturated heterocycles. The smallest absolute Gasteiger partial charge is 0.325 e. The van der Waals surface area contributed by atoms with Crippen LogP contribution in [0, 0.1) is 0 Å². The predicted octanol–water partition coefficient (Wildman–Crippen LogP) is 0.0991. The molecule has 2 aliphatic rings. The first-order chi connectivity index (χ1) is 12.1. The first kappa shape index (κ1) is 18.4. The Morgan fingerprint density at radius 1 is 1.31 bits per heavy atom. The molecule has 0 unspecified atom stereocenters. The number of benzene rings is 1. The van der Waals surface area contributed by atoms with E-state index in [0.717, 1.165) is 4.90 Å². The first-order valence-corrected chi connectivity index (χ1v) is 10.1. The molecule has 1 aromatic rings. The summed E-state index contributed by atoms with van der Waals surface area (Å²) in [6.07, 6.45) is 0.368. The SMILES string of the molecule is CN(C(=O)CN1C(=O)N[C@@](C)(c2ccccc2)C1=O)[C@H]1CCS(=O)(=O)C1. The summed E-state index contributed by atoms with van der Waals surface area (Å²) in [5, 5.41) is 2.64. The molecule has 2 heterocycles. The molecule has 0 radical (unpaired) electrons. The first-order valence-electron chi connectivity index (χ1n) is 8.30. The molecule has 140 valence electrons. The number of amides is 4. The number of imide groups is 1. The molecule has 1 N–H and O–H groups in total. The maximum Gasteiger partial charge on any atom is 0.325 e. The third kappa shape index (κ3) is 3.18. The number of likely N-dealkylation sites (N-methyl/N-ethyl adjacent to an activating group) is 1. The molecule has 8 nitrogen and oxygen atoms in total. The molecule has 2 fully saturated rings. The van der Waals surface area contributed by atoms with Gasteiger partial charge >= 0.3 is 6.03 Å². The van der Waals surface area contributed by atoms with Gasteiger partial charge in [0.05, 0.1) is 11.5 Å². The summed E-state index contributed by atoms with van der Waals surface area (Å²) in [7, 11) is -1.63. The van der Waals surface area contributed by atoms with Crippen LogP contribution in [0.2, 0.25) is 0 Å². The third-order valence-corrected chi connectivity index (χ3v) is 6.82. The molecule has 1 aromatic carbocycles. The second-order valence-electron chi connectivity index (χ2n) is 6.87. The van der Waals surface area contributed by atoms with Crippen molar-refractivity contribution in [2.24, 2.45) is 0 Å². The summed E-state index contributed by atoms with van der Waals surface area (Å²) >= 11 is 0. The van der Waals surface area contributed by atoms with Crippen molar-refractivity contribution in [3.05, 3.63) is 35.9 Å². The summed E-state index contributed by atoms with van der Waals surface area (Å²) < 4.78 is 23.2. The van der Waals surface area contributed by atoms with Crippen LogP contribution >= 0.6 is 0 Å². The number of urea groups is 1. The van der Waals surface area contributed by atoms with Crippen LogP contribution in [0.4, 0.5) is 4.79 Å². The Labute approximate surface area is 152 Å². The minimum Gasteiger partial charge on any atom is -0.340 e. The summed E-state index contributed by atoms with van der Waals surface area (Å²) in [6, 6.07) is 7.75. The van der Waals surface area contributed by atoms with Crippen LogP contribution in [0.1, 0.15) is 18.9 Å². The molecule has 0 spiro atoms. The number of sulfone groups is 1. The number of nitrogens with one attached hydrogen (secondary N) is 1. The van der Waals surface area contributed by atoms with Crippen molar-refractivity contribution >= 4 is 27.7 Å². The molecule has 4 amide bonds. The Balaban J connectivity index is 1.73. The predicted molar refractivity (Wildman–Crippen MR) is 93.9 cm³/mol. The topological polar surface area (TPSA) is 104 Å². The maximum absolute atomic E-state index is 12.8. The average Bonchev–Trinajstić information content (AvgIpc) is 3.07. The third-order valence-electron chi connectivity index (χ3n) is 5.07. The minimum atomic E-state index is -3.13. The zero-order valence-corrected chi connectivity index (χ0v) is 15.5. The molecular formula is C17H21N3O5S. The van der Waals surface area contributed by atoms with Crippen LogP contribution in [-0.2, 0) is 25.0 Å². The van der Waals surface area contributed by atoms with Gasteiger partial charge in [-0.05, 0) is 18.9 Å². The van der Waals surface area contributed by atoms with Crippen LogP contribution in [0.3, 0.4) is 0 Å². The molecule has 0 aromatic heterocycles. The number of carbonyl (C=O) groups is 3. The van der Waals surface area contributed by atoms with E-state index >= 15 is 0 Å². The van der Waals surface area contributed by atoms with Crippen molar-refractivity contribution in [2.45, 2.75) is 24.9 Å². The Bertz CT molecular complexity index is 854. The highest BCUT2D eigenvalue weighted by Crippen LogP contribution is 2.28. The summed E-state index contributed by atoms with van der Waals surface area (Å²) in [5.41, 5.74) is -0.600. The summed E-state index contributed by atoms with van der Waals surface area (Å²) in [5.74, 6) is -1.01. The van der Waals surface area contributed by atoms with E-state index in [2.05, 4.69) is 5.32 Å². The summed E-state index contributed by atoms with van der Waals surface area (Å²) in [4.78, 5) is 39.8. The van der Waals surface area contributed by atoms with Gasteiger partial charge in [0.1, 0.15) is 12.1 Å². The van der Waals surface area contributed by atoms with E-state index in [1.807, 2.05) is 0 Å². The number of rotatable bonds is 4. The van der Waals surface area contributed by atoms with Crippen molar-refractivity contribution in [3.8, 4) is 0 Å². The standard InChI is InChI=1S/C17H21N3O5S/c1-17(12-6-4-3-5-7-12)15(22)20(16(23)18-17)10-14(21)19(2)13-8-9-26(24,25)11-13/h3-7,13H,8-11H2,1-2H3,(H,18,23)/t13-,17-/m0/s1. The van der Waals surface area contributed by atoms with Gasteiger partial charge in [0, 0.05) is 13.1 Å². The maximum atomic E-state index is 12.8. The molecular weight excluding hydrogens is 358 g/mol. The van der Waals surface area contributed by atoms with E-state index in [0.29, 0.717) is 12.0 Å². The van der Waals surface area contributed by atoms with E-state index in [9.17, 15) is 22.8 Å². The normalized spacial score (nSPS) is 27.5. The van der Waals surface area contributed by atoms with Gasteiger partial charge in [-0.1, -0.05) is 30.3 Å². The fourth-order valence-corrected chi connectivity index (χ4v) is 5.11. The fourth-order valence-electron chi connectivity index (χ4n) is 3.34. The molecule has 2 aliphatic heterocycles. The van der Waals surface area contributed by atoms with Crippen LogP contribution in [0.25, 0.3) is 0 Å². The Kier molecular flexibility index (Phi) is 4.51. The molecule has 0 aliphatic carbocycles. The molecule has 0 bridgehead atoms. The van der Waals surface area contributed by atoms with Gasteiger partial charge < -0.3 is 10.2 Å². The molecule has 9 heteroatoms. The second kappa shape index (κ2) is 6.39. The highest BCUT2D eigenvalue weighted by Gasteiger charge is 2.49. The number of carbonyl (C=O) groups excluding carboxylic acids is 3. The lowest BCUT2D eigenvalue weighted by atomic mass is 9.92. The highest BCUT2D eigenvalue weighted by atomic mass is 32.2. The zero-order chi connectivity index (χ0) is 19.1. The van der Waals surface area contributed by atoms with Crippen LogP contribution in [0.5, 0.6) is 0 Å². The largest absolute Gasteiger partial charge is 0.340 e. The van der Waals surface area contributed by atoms with Gasteiger partial charge in [-0.25, -0.2) is 13.2 Å². The fraction of sp³-hybridized carbons (Fsp3) is 0.471. The monoisotopic (exact) mass is 379 g/mol. The van der Waals surface area contributed by atoms with E-state index < -0.39 is 45.8 Å². The van der Waals surface area contributed by atoms with E-state index in [1.165, 1.54) is 11.9 Å². The molecule has 3 rings (SSSR count). The lowest BCUT2D eigenvalue weighted by molar-refractivity contribution is -0.139. The second-order valence-corrected chi connectivity index (χ2v) is 9.10. The van der Waals surface area contributed by atoms with E-state index in [4.69, 9.17) is 0 Å². The summed E-state index contributed by atoms with van der Waals surface area (Å²) in [6.45, 7) is 1.18. The van der Waals surface area contributed by atoms with Crippen LogP contribution in [-0.4, -0.2) is 67.2 Å². The van der Waals surface area contributed by atoms with E-state index in [1.54, 1.807) is 37.3 Å². The van der Waals surface area contributed by atoms with Gasteiger partial charge in [0.2, 0.25) is 5.91 Å². The van der Waals surface area contributed by atoms with Crippen molar-refractivity contribution in [3.63, 3.8) is 0 Å². The van der Waals surface area contributed by atoms with Crippen molar-refractivity contribution in [1.82, 2.24) is 15.1 Å². The van der Waals surface area contributed by atoms with Gasteiger partial charge in [0.15, 0.2) is 9.84 Å². The van der Waals surface area contributed by atoms with Crippen LogP contribution in [0.15, 0.2) is 30.3 Å². The highest BCUT2D eigenvalue weighted by molar-refractivity contribution is 7.91. The van der Waals surface area contributed by atoms with Crippen molar-refractivity contribution < 1.29 is 22.8 Å². The Morgan fingerprint density at radius 2 is 1.96 bits per heavy atom. The van der Waals surface area contributed by atoms with Gasteiger partial charge in [0.25, 0.3) is 5.91 Å². The average molecular weight is 379 g/mol. The zero-order valence-electron chi connectivity index (χ0n) is 14.6.